The number of rotatable bonds is 3. The molecular formula is C24H20ClN9OS. The summed E-state index contributed by atoms with van der Waals surface area (Å²) in [7, 11) is 0. The largest absolute Gasteiger partial charge is 0.368 e. The van der Waals surface area contributed by atoms with Gasteiger partial charge >= 0.3 is 0 Å². The van der Waals surface area contributed by atoms with Gasteiger partial charge in [-0.1, -0.05) is 29.8 Å². The minimum atomic E-state index is -0.250. The van der Waals surface area contributed by atoms with E-state index in [0.717, 1.165) is 12.8 Å². The van der Waals surface area contributed by atoms with E-state index in [1.54, 1.807) is 27.5 Å². The van der Waals surface area contributed by atoms with E-state index in [1.807, 2.05) is 30.3 Å². The molecule has 1 saturated carbocycles. The van der Waals surface area contributed by atoms with E-state index in [-0.39, 0.29) is 36.5 Å². The number of para-hydroxylation sites is 1. The lowest BCUT2D eigenvalue weighted by molar-refractivity contribution is 0.252. The maximum atomic E-state index is 13.8. The van der Waals surface area contributed by atoms with Crippen LogP contribution in [0.25, 0.3) is 22.2 Å². The van der Waals surface area contributed by atoms with Gasteiger partial charge in [-0.25, -0.2) is 4.52 Å². The fraction of sp³-hybridized carbons (Fsp3) is 0.208. The van der Waals surface area contributed by atoms with Crippen molar-refractivity contribution in [3.05, 3.63) is 75.6 Å². The first kappa shape index (κ1) is 22.5. The van der Waals surface area contributed by atoms with Gasteiger partial charge < -0.3 is 15.6 Å². The summed E-state index contributed by atoms with van der Waals surface area (Å²) < 4.78 is 3.19. The number of hydrogen-bond donors (Lipinski definition) is 2. The van der Waals surface area contributed by atoms with E-state index in [1.165, 1.54) is 0 Å². The highest BCUT2D eigenvalue weighted by atomic mass is 35.5. The number of fused-ring (bicyclic) bond motifs is 2. The average molecular weight is 518 g/mol. The van der Waals surface area contributed by atoms with Crippen LogP contribution in [0.2, 0.25) is 5.02 Å². The van der Waals surface area contributed by atoms with Crippen LogP contribution in [0, 0.1) is 16.7 Å². The molecule has 36 heavy (non-hydrogen) atoms. The fourth-order valence-electron chi connectivity index (χ4n) is 5.32. The molecule has 10 nitrogen and oxygen atoms in total. The third-order valence-electron chi connectivity index (χ3n) is 7.11. The lowest BCUT2D eigenvalue weighted by atomic mass is 9.83. The van der Waals surface area contributed by atoms with E-state index in [2.05, 4.69) is 25.9 Å². The molecule has 0 unspecified atom stereocenters. The van der Waals surface area contributed by atoms with Crippen LogP contribution in [0.1, 0.15) is 30.3 Å². The predicted octanol–water partition coefficient (Wildman–Crippen LogP) is 3.32. The van der Waals surface area contributed by atoms with Crippen molar-refractivity contribution in [1.82, 2.24) is 29.1 Å². The molecule has 1 aromatic carbocycles. The van der Waals surface area contributed by atoms with Crippen molar-refractivity contribution in [1.29, 1.82) is 5.26 Å². The Labute approximate surface area is 216 Å². The van der Waals surface area contributed by atoms with E-state index in [9.17, 15) is 10.1 Å². The van der Waals surface area contributed by atoms with Crippen molar-refractivity contribution < 1.29 is 0 Å². The molecule has 1 spiro atoms. The quantitative estimate of drug-likeness (QED) is 0.375. The molecule has 2 fully saturated rings. The number of benzene rings is 1. The molecule has 1 aliphatic heterocycles. The highest BCUT2D eigenvalue weighted by Gasteiger charge is 2.63. The minimum Gasteiger partial charge on any atom is -0.368 e. The van der Waals surface area contributed by atoms with Crippen LogP contribution in [0.3, 0.4) is 0 Å². The second-order valence-electron chi connectivity index (χ2n) is 9.13. The van der Waals surface area contributed by atoms with Crippen LogP contribution >= 0.6 is 25.1 Å². The summed E-state index contributed by atoms with van der Waals surface area (Å²) in [5.74, 6) is 1.26. The Morgan fingerprint density at radius 1 is 1.19 bits per heavy atom. The maximum absolute atomic E-state index is 13.8. The van der Waals surface area contributed by atoms with Gasteiger partial charge in [0, 0.05) is 24.4 Å². The first-order valence-corrected chi connectivity index (χ1v) is 11.6. The average Bonchev–Trinajstić information content (AvgIpc) is 3.43. The van der Waals surface area contributed by atoms with Crippen LogP contribution in [0.15, 0.2) is 53.6 Å². The Morgan fingerprint density at radius 2 is 1.97 bits per heavy atom. The molecule has 12 heteroatoms. The zero-order chi connectivity index (χ0) is 23.9. The van der Waals surface area contributed by atoms with E-state index in [4.69, 9.17) is 22.4 Å². The number of nitrogens with two attached hydrogens (primary N) is 1. The first-order chi connectivity index (χ1) is 17.0. The normalized spacial score (nSPS) is 17.7. The van der Waals surface area contributed by atoms with Gasteiger partial charge in [-0.15, -0.1) is 0 Å². The third-order valence-corrected chi connectivity index (χ3v) is 7.42. The lowest BCUT2D eigenvalue weighted by Crippen LogP contribution is -2.54. The standard InChI is InChI=1S/C24H18ClN9O.H2S/c25-15-6-9-33-17(15)22(35)34(14-4-2-1-3-5-14)21(31-33)18-24(7-8-24)12-32(18)20-16-13(10-26)11-28-19(16)29-23(27)30-20;/h1-6,9,11,18H,7-8,12H2,(H3,27,28,29,30);1H2/t18-;/m1./s1. The Morgan fingerprint density at radius 3 is 2.69 bits per heavy atom. The number of nitriles is 1. The zero-order valence-electron chi connectivity index (χ0n) is 18.8. The number of aromatic nitrogens is 6. The molecule has 1 aliphatic carbocycles. The lowest BCUT2D eigenvalue weighted by Gasteiger charge is -2.49. The summed E-state index contributed by atoms with van der Waals surface area (Å²) in [4.78, 5) is 27.7. The van der Waals surface area contributed by atoms with Crippen LogP contribution in [0.4, 0.5) is 11.8 Å². The summed E-state index contributed by atoms with van der Waals surface area (Å²) >= 11 is 6.36. The molecule has 1 saturated heterocycles. The van der Waals surface area contributed by atoms with Gasteiger partial charge in [0.2, 0.25) is 5.95 Å². The second-order valence-corrected chi connectivity index (χ2v) is 9.53. The maximum Gasteiger partial charge on any atom is 0.284 e. The monoisotopic (exact) mass is 517 g/mol. The van der Waals surface area contributed by atoms with Crippen molar-refractivity contribution in [2.75, 3.05) is 17.2 Å². The van der Waals surface area contributed by atoms with Crippen molar-refractivity contribution in [3.8, 4) is 11.8 Å². The molecular weight excluding hydrogens is 498 g/mol. The fourth-order valence-corrected chi connectivity index (χ4v) is 5.54. The van der Waals surface area contributed by atoms with Crippen molar-refractivity contribution in [2.24, 2.45) is 5.41 Å². The zero-order valence-corrected chi connectivity index (χ0v) is 20.6. The van der Waals surface area contributed by atoms with Crippen LogP contribution < -0.4 is 16.2 Å². The molecule has 5 heterocycles. The number of aromatic amines is 1. The molecule has 0 radical (unpaired) electrons. The number of anilines is 2. The number of nitrogen functional groups attached to an aromatic ring is 1. The molecule has 3 N–H and O–H groups in total. The van der Waals surface area contributed by atoms with Crippen molar-refractivity contribution >= 4 is 53.4 Å². The van der Waals surface area contributed by atoms with Gasteiger partial charge in [-0.05, 0) is 31.0 Å². The number of nitrogens with one attached hydrogen (secondary N) is 1. The number of nitrogens with zero attached hydrogens (tertiary/aromatic N) is 7. The second kappa shape index (κ2) is 7.74. The van der Waals surface area contributed by atoms with Crippen molar-refractivity contribution in [3.63, 3.8) is 0 Å². The van der Waals surface area contributed by atoms with E-state index >= 15 is 0 Å². The summed E-state index contributed by atoms with van der Waals surface area (Å²) in [6.45, 7) is 0.717. The van der Waals surface area contributed by atoms with Gasteiger partial charge in [-0.2, -0.15) is 33.8 Å². The Kier molecular flexibility index (Phi) is 4.83. The highest BCUT2D eigenvalue weighted by molar-refractivity contribution is 7.59. The molecule has 180 valence electrons. The van der Waals surface area contributed by atoms with Gasteiger partial charge in [0.15, 0.2) is 5.82 Å². The molecule has 2 aliphatic rings. The van der Waals surface area contributed by atoms with Crippen molar-refractivity contribution in [2.45, 2.75) is 18.9 Å². The summed E-state index contributed by atoms with van der Waals surface area (Å²) in [5, 5.41) is 15.6. The minimum absolute atomic E-state index is 0. The Hall–Kier alpha value is -4.01. The van der Waals surface area contributed by atoms with E-state index in [0.29, 0.717) is 51.0 Å². The smallest absolute Gasteiger partial charge is 0.284 e. The molecule has 0 bridgehead atoms. The third kappa shape index (κ3) is 2.98. The van der Waals surface area contributed by atoms with Crippen LogP contribution in [-0.4, -0.2) is 35.7 Å². The summed E-state index contributed by atoms with van der Waals surface area (Å²) in [5.41, 5.74) is 7.72. The molecule has 4 aromatic heterocycles. The van der Waals surface area contributed by atoms with Gasteiger partial charge in [0.25, 0.3) is 5.56 Å². The number of halogens is 1. The molecule has 5 aromatic rings. The van der Waals surface area contributed by atoms with Crippen LogP contribution in [0.5, 0.6) is 0 Å². The highest BCUT2D eigenvalue weighted by Crippen LogP contribution is 2.65. The summed E-state index contributed by atoms with van der Waals surface area (Å²) in [6, 6.07) is 13.1. The molecule has 1 atom stereocenters. The molecule has 7 rings (SSSR count). The Bertz CT molecular complexity index is 1760. The van der Waals surface area contributed by atoms with Gasteiger partial charge in [0.1, 0.15) is 23.1 Å². The predicted molar refractivity (Wildman–Crippen MR) is 141 cm³/mol. The number of H-pyrrole nitrogens is 1. The van der Waals surface area contributed by atoms with Gasteiger partial charge in [-0.3, -0.25) is 9.36 Å². The van der Waals surface area contributed by atoms with Gasteiger partial charge in [0.05, 0.1) is 27.7 Å². The Balaban J connectivity index is 0.00000240. The topological polar surface area (TPSA) is 134 Å². The number of hydrogen-bond acceptors (Lipinski definition) is 7. The van der Waals surface area contributed by atoms with E-state index < -0.39 is 0 Å². The SMILES string of the molecule is N#Cc1c[nH]c2nc(N)nc(N3CC4(CC4)[C@H]3c3nn4ccc(Cl)c4c(=O)n3-c3ccccc3)c12.S. The summed E-state index contributed by atoms with van der Waals surface area (Å²) in [6.07, 6.45) is 5.31. The van der Waals surface area contributed by atoms with Crippen LogP contribution in [-0.2, 0) is 0 Å². The first-order valence-electron chi connectivity index (χ1n) is 11.2. The molecule has 0 amide bonds.